The van der Waals surface area contributed by atoms with Gasteiger partial charge in [0, 0.05) is 18.2 Å². The van der Waals surface area contributed by atoms with Crippen LogP contribution in [0.15, 0.2) is 24.3 Å². The van der Waals surface area contributed by atoms with Gasteiger partial charge in [0.05, 0.1) is 11.0 Å². The largest absolute Gasteiger partial charge is 0.350 e. The van der Waals surface area contributed by atoms with Crippen LogP contribution in [0.25, 0.3) is 0 Å². The van der Waals surface area contributed by atoms with E-state index in [0.29, 0.717) is 12.0 Å². The van der Waals surface area contributed by atoms with E-state index < -0.39 is 11.0 Å². The maximum atomic E-state index is 11.7. The van der Waals surface area contributed by atoms with Gasteiger partial charge < -0.3 is 11.1 Å². The SMILES string of the molecule is CSCC[C@@H](N)C(=O)NCc1ccccc1[N+](=O)[O-]. The number of hydrogen-bond acceptors (Lipinski definition) is 5. The topological polar surface area (TPSA) is 98.3 Å². The van der Waals surface area contributed by atoms with Crippen molar-refractivity contribution in [3.05, 3.63) is 39.9 Å². The van der Waals surface area contributed by atoms with Crippen LogP contribution < -0.4 is 11.1 Å². The molecule has 1 rings (SSSR count). The molecule has 0 fully saturated rings. The fourth-order valence-corrected chi connectivity index (χ4v) is 2.02. The highest BCUT2D eigenvalue weighted by Crippen LogP contribution is 2.17. The normalized spacial score (nSPS) is 11.9. The molecule has 6 nitrogen and oxygen atoms in total. The lowest BCUT2D eigenvalue weighted by atomic mass is 10.1. The summed E-state index contributed by atoms with van der Waals surface area (Å²) >= 11 is 1.62. The van der Waals surface area contributed by atoms with Crippen molar-refractivity contribution < 1.29 is 9.72 Å². The maximum Gasteiger partial charge on any atom is 0.274 e. The number of hydrogen-bond donors (Lipinski definition) is 2. The van der Waals surface area contributed by atoms with Gasteiger partial charge in [-0.2, -0.15) is 11.8 Å². The van der Waals surface area contributed by atoms with E-state index in [1.807, 2.05) is 6.26 Å². The molecule has 0 bridgehead atoms. The first kappa shape index (κ1) is 15.5. The van der Waals surface area contributed by atoms with Gasteiger partial charge >= 0.3 is 0 Å². The van der Waals surface area contributed by atoms with Gasteiger partial charge in [0.15, 0.2) is 0 Å². The second-order valence-electron chi connectivity index (χ2n) is 3.99. The number of carbonyl (C=O) groups is 1. The van der Waals surface area contributed by atoms with E-state index in [1.54, 1.807) is 30.0 Å². The van der Waals surface area contributed by atoms with Crippen molar-refractivity contribution >= 4 is 23.4 Å². The summed E-state index contributed by atoms with van der Waals surface area (Å²) in [5.74, 6) is 0.521. The number of nitrogens with one attached hydrogen (secondary N) is 1. The fraction of sp³-hybridized carbons (Fsp3) is 0.417. The number of nitrogens with zero attached hydrogens (tertiary/aromatic N) is 1. The van der Waals surface area contributed by atoms with Gasteiger partial charge in [0.1, 0.15) is 0 Å². The smallest absolute Gasteiger partial charge is 0.274 e. The summed E-state index contributed by atoms with van der Waals surface area (Å²) in [5.41, 5.74) is 6.18. The molecule has 1 aromatic rings. The zero-order valence-electron chi connectivity index (χ0n) is 10.7. The molecular weight excluding hydrogens is 266 g/mol. The summed E-state index contributed by atoms with van der Waals surface area (Å²) in [6.45, 7) is 0.114. The van der Waals surface area contributed by atoms with Gasteiger partial charge in [-0.1, -0.05) is 18.2 Å². The Morgan fingerprint density at radius 1 is 1.53 bits per heavy atom. The van der Waals surface area contributed by atoms with Crippen LogP contribution in [0.2, 0.25) is 0 Å². The molecule has 3 N–H and O–H groups in total. The lowest BCUT2D eigenvalue weighted by molar-refractivity contribution is -0.385. The number of amides is 1. The van der Waals surface area contributed by atoms with E-state index >= 15 is 0 Å². The summed E-state index contributed by atoms with van der Waals surface area (Å²) in [6, 6.07) is 5.74. The summed E-state index contributed by atoms with van der Waals surface area (Å²) < 4.78 is 0. The van der Waals surface area contributed by atoms with Gasteiger partial charge in [0.2, 0.25) is 5.91 Å². The average molecular weight is 283 g/mol. The molecule has 0 aliphatic heterocycles. The standard InChI is InChI=1S/C12H17N3O3S/c1-19-7-6-10(13)12(16)14-8-9-4-2-3-5-11(9)15(17)18/h2-5,10H,6-8,13H2,1H3,(H,14,16)/t10-/m1/s1. The first-order chi connectivity index (χ1) is 9.06. The van der Waals surface area contributed by atoms with Gasteiger partial charge in [-0.15, -0.1) is 0 Å². The second kappa shape index (κ2) is 7.75. The molecule has 1 atom stereocenters. The molecule has 1 aromatic carbocycles. The first-order valence-corrected chi connectivity index (χ1v) is 7.20. The number of benzene rings is 1. The molecule has 0 aliphatic rings. The summed E-state index contributed by atoms with van der Waals surface area (Å²) in [5, 5.41) is 13.4. The summed E-state index contributed by atoms with van der Waals surface area (Å²) in [6.07, 6.45) is 2.53. The van der Waals surface area contributed by atoms with E-state index in [1.165, 1.54) is 6.07 Å². The minimum absolute atomic E-state index is 0.000449. The van der Waals surface area contributed by atoms with Crippen molar-refractivity contribution in [3.63, 3.8) is 0 Å². The molecule has 7 heteroatoms. The van der Waals surface area contributed by atoms with E-state index in [2.05, 4.69) is 5.32 Å². The Bertz CT molecular complexity index is 454. The van der Waals surface area contributed by atoms with Gasteiger partial charge in [0.25, 0.3) is 5.69 Å². The molecule has 0 saturated heterocycles. The molecule has 0 aliphatic carbocycles. The molecule has 0 radical (unpaired) electrons. The highest BCUT2D eigenvalue weighted by Gasteiger charge is 2.16. The van der Waals surface area contributed by atoms with E-state index in [4.69, 9.17) is 5.73 Å². The lowest BCUT2D eigenvalue weighted by Gasteiger charge is -2.11. The third-order valence-corrected chi connectivity index (χ3v) is 3.26. The van der Waals surface area contributed by atoms with Crippen molar-refractivity contribution in [3.8, 4) is 0 Å². The zero-order chi connectivity index (χ0) is 14.3. The Balaban J connectivity index is 2.57. The molecule has 0 heterocycles. The van der Waals surface area contributed by atoms with Crippen LogP contribution in [0.3, 0.4) is 0 Å². The van der Waals surface area contributed by atoms with E-state index in [9.17, 15) is 14.9 Å². The lowest BCUT2D eigenvalue weighted by Crippen LogP contribution is -2.40. The van der Waals surface area contributed by atoms with Crippen LogP contribution in [0.5, 0.6) is 0 Å². The predicted molar refractivity (Wildman–Crippen MR) is 75.9 cm³/mol. The Morgan fingerprint density at radius 2 is 2.21 bits per heavy atom. The van der Waals surface area contributed by atoms with E-state index in [0.717, 1.165) is 5.75 Å². The van der Waals surface area contributed by atoms with Crippen LogP contribution in [0.1, 0.15) is 12.0 Å². The Labute approximate surface area is 115 Å². The highest BCUT2D eigenvalue weighted by molar-refractivity contribution is 7.98. The minimum atomic E-state index is -0.574. The molecule has 0 saturated carbocycles. The third kappa shape index (κ3) is 4.88. The quantitative estimate of drug-likeness (QED) is 0.580. The number of rotatable bonds is 7. The fourth-order valence-electron chi connectivity index (χ4n) is 1.53. The van der Waals surface area contributed by atoms with E-state index in [-0.39, 0.29) is 18.1 Å². The number of carbonyl (C=O) groups excluding carboxylic acids is 1. The summed E-state index contributed by atoms with van der Waals surface area (Å²) in [4.78, 5) is 22.0. The van der Waals surface area contributed by atoms with Crippen molar-refractivity contribution in [2.45, 2.75) is 19.0 Å². The molecule has 19 heavy (non-hydrogen) atoms. The third-order valence-electron chi connectivity index (χ3n) is 2.61. The maximum absolute atomic E-state index is 11.7. The monoisotopic (exact) mass is 283 g/mol. The number of nitro groups is 1. The first-order valence-electron chi connectivity index (χ1n) is 5.80. The zero-order valence-corrected chi connectivity index (χ0v) is 11.5. The summed E-state index contributed by atoms with van der Waals surface area (Å²) in [7, 11) is 0. The van der Waals surface area contributed by atoms with Gasteiger partial charge in [-0.05, 0) is 18.4 Å². The predicted octanol–water partition coefficient (Wildman–Crippen LogP) is 1.29. The molecule has 1 amide bonds. The molecule has 0 unspecified atom stereocenters. The Hall–Kier alpha value is -1.60. The molecule has 104 valence electrons. The van der Waals surface area contributed by atoms with Crippen molar-refractivity contribution in [2.75, 3.05) is 12.0 Å². The average Bonchev–Trinajstić information content (AvgIpc) is 2.42. The second-order valence-corrected chi connectivity index (χ2v) is 4.98. The van der Waals surface area contributed by atoms with Crippen LogP contribution in [-0.2, 0) is 11.3 Å². The van der Waals surface area contributed by atoms with Crippen molar-refractivity contribution in [1.29, 1.82) is 0 Å². The van der Waals surface area contributed by atoms with Crippen LogP contribution in [-0.4, -0.2) is 28.9 Å². The van der Waals surface area contributed by atoms with Gasteiger partial charge in [-0.25, -0.2) is 0 Å². The molecule has 0 aromatic heterocycles. The number of para-hydroxylation sites is 1. The highest BCUT2D eigenvalue weighted by atomic mass is 32.2. The van der Waals surface area contributed by atoms with Gasteiger partial charge in [-0.3, -0.25) is 14.9 Å². The Morgan fingerprint density at radius 3 is 2.84 bits per heavy atom. The number of nitrogens with two attached hydrogens (primary N) is 1. The minimum Gasteiger partial charge on any atom is -0.350 e. The molecule has 0 spiro atoms. The van der Waals surface area contributed by atoms with Crippen molar-refractivity contribution in [2.24, 2.45) is 5.73 Å². The number of nitro benzene ring substituents is 1. The number of thioether (sulfide) groups is 1. The van der Waals surface area contributed by atoms with Crippen LogP contribution >= 0.6 is 11.8 Å². The Kier molecular flexibility index (Phi) is 6.31. The van der Waals surface area contributed by atoms with Crippen molar-refractivity contribution in [1.82, 2.24) is 5.32 Å². The van der Waals surface area contributed by atoms with Crippen LogP contribution in [0.4, 0.5) is 5.69 Å². The van der Waals surface area contributed by atoms with Crippen LogP contribution in [0, 0.1) is 10.1 Å². The molecular formula is C12H17N3O3S.